The SMILES string of the molecule is CCC(CC)Nc1nc(C)cc(OC(C)C)n1. The highest BCUT2D eigenvalue weighted by atomic mass is 16.5. The summed E-state index contributed by atoms with van der Waals surface area (Å²) in [5.41, 5.74) is 0.920. The highest BCUT2D eigenvalue weighted by molar-refractivity contribution is 5.31. The molecule has 1 rings (SSSR count). The van der Waals surface area contributed by atoms with Gasteiger partial charge in [0.2, 0.25) is 11.8 Å². The first-order valence-corrected chi connectivity index (χ1v) is 6.34. The van der Waals surface area contributed by atoms with Crippen LogP contribution >= 0.6 is 0 Å². The summed E-state index contributed by atoms with van der Waals surface area (Å²) in [7, 11) is 0. The Labute approximate surface area is 104 Å². The second-order valence-electron chi connectivity index (χ2n) is 4.50. The van der Waals surface area contributed by atoms with Gasteiger partial charge in [-0.25, -0.2) is 4.98 Å². The summed E-state index contributed by atoms with van der Waals surface area (Å²) in [5, 5.41) is 3.33. The Kier molecular flexibility index (Phi) is 5.19. The molecule has 0 saturated heterocycles. The second-order valence-corrected chi connectivity index (χ2v) is 4.50. The van der Waals surface area contributed by atoms with Gasteiger partial charge in [0.1, 0.15) is 0 Å². The summed E-state index contributed by atoms with van der Waals surface area (Å²) >= 11 is 0. The Morgan fingerprint density at radius 3 is 2.41 bits per heavy atom. The molecule has 4 heteroatoms. The molecule has 4 nitrogen and oxygen atoms in total. The monoisotopic (exact) mass is 237 g/mol. The molecule has 96 valence electrons. The fourth-order valence-corrected chi connectivity index (χ4v) is 1.58. The lowest BCUT2D eigenvalue weighted by Gasteiger charge is -2.16. The number of ether oxygens (including phenoxy) is 1. The first kappa shape index (κ1) is 13.7. The zero-order valence-corrected chi connectivity index (χ0v) is 11.4. The van der Waals surface area contributed by atoms with Crippen LogP contribution in [0.25, 0.3) is 0 Å². The van der Waals surface area contributed by atoms with Gasteiger partial charge in [0, 0.05) is 17.8 Å². The van der Waals surface area contributed by atoms with Crippen molar-refractivity contribution in [3.8, 4) is 5.88 Å². The lowest BCUT2D eigenvalue weighted by Crippen LogP contribution is -2.19. The smallest absolute Gasteiger partial charge is 0.226 e. The number of anilines is 1. The van der Waals surface area contributed by atoms with Crippen LogP contribution in [0.3, 0.4) is 0 Å². The minimum atomic E-state index is 0.130. The zero-order chi connectivity index (χ0) is 12.8. The molecule has 0 aliphatic carbocycles. The van der Waals surface area contributed by atoms with Crippen molar-refractivity contribution in [3.63, 3.8) is 0 Å². The van der Waals surface area contributed by atoms with Crippen LogP contribution in [0.15, 0.2) is 6.07 Å². The van der Waals surface area contributed by atoms with Crippen LogP contribution in [0, 0.1) is 6.92 Å². The molecule has 0 unspecified atom stereocenters. The first-order valence-electron chi connectivity index (χ1n) is 6.34. The Morgan fingerprint density at radius 1 is 1.24 bits per heavy atom. The highest BCUT2D eigenvalue weighted by Crippen LogP contribution is 2.15. The molecule has 0 aliphatic rings. The third kappa shape index (κ3) is 4.59. The van der Waals surface area contributed by atoms with E-state index in [0.717, 1.165) is 18.5 Å². The molecule has 17 heavy (non-hydrogen) atoms. The van der Waals surface area contributed by atoms with Crippen molar-refractivity contribution in [1.82, 2.24) is 9.97 Å². The molecule has 0 bridgehead atoms. The molecule has 0 radical (unpaired) electrons. The number of aromatic nitrogens is 2. The van der Waals surface area contributed by atoms with Crippen LogP contribution in [-0.2, 0) is 0 Å². The fraction of sp³-hybridized carbons (Fsp3) is 0.692. The van der Waals surface area contributed by atoms with Gasteiger partial charge in [-0.05, 0) is 33.6 Å². The lowest BCUT2D eigenvalue weighted by molar-refractivity contribution is 0.232. The van der Waals surface area contributed by atoms with Crippen LogP contribution < -0.4 is 10.1 Å². The third-order valence-electron chi connectivity index (χ3n) is 2.51. The van der Waals surface area contributed by atoms with E-state index >= 15 is 0 Å². The molecular weight excluding hydrogens is 214 g/mol. The summed E-state index contributed by atoms with van der Waals surface area (Å²) in [6, 6.07) is 2.28. The summed E-state index contributed by atoms with van der Waals surface area (Å²) in [6.07, 6.45) is 2.26. The molecule has 1 N–H and O–H groups in total. The molecule has 1 aromatic rings. The molecule has 1 heterocycles. The van der Waals surface area contributed by atoms with Crippen LogP contribution in [0.5, 0.6) is 5.88 Å². The van der Waals surface area contributed by atoms with E-state index in [1.54, 1.807) is 0 Å². The summed E-state index contributed by atoms with van der Waals surface area (Å²) in [4.78, 5) is 8.74. The van der Waals surface area contributed by atoms with Gasteiger partial charge in [-0.2, -0.15) is 4.98 Å². The molecule has 0 aromatic carbocycles. The Bertz CT molecular complexity index is 349. The maximum atomic E-state index is 5.59. The predicted octanol–water partition coefficient (Wildman–Crippen LogP) is 3.17. The largest absolute Gasteiger partial charge is 0.475 e. The summed E-state index contributed by atoms with van der Waals surface area (Å²) in [5.74, 6) is 1.30. The van der Waals surface area contributed by atoms with Crippen molar-refractivity contribution in [1.29, 1.82) is 0 Å². The van der Waals surface area contributed by atoms with Crippen LogP contribution in [0.4, 0.5) is 5.95 Å². The molecule has 0 aliphatic heterocycles. The minimum Gasteiger partial charge on any atom is -0.475 e. The number of nitrogens with zero attached hydrogens (tertiary/aromatic N) is 2. The van der Waals surface area contributed by atoms with Gasteiger partial charge >= 0.3 is 0 Å². The van der Waals surface area contributed by atoms with E-state index in [-0.39, 0.29) is 6.10 Å². The Morgan fingerprint density at radius 2 is 1.88 bits per heavy atom. The average molecular weight is 237 g/mol. The third-order valence-corrected chi connectivity index (χ3v) is 2.51. The van der Waals surface area contributed by atoms with Crippen molar-refractivity contribution in [2.75, 3.05) is 5.32 Å². The summed E-state index contributed by atoms with van der Waals surface area (Å²) in [6.45, 7) is 10.2. The van der Waals surface area contributed by atoms with Gasteiger partial charge in [-0.3, -0.25) is 0 Å². The van der Waals surface area contributed by atoms with E-state index in [2.05, 4.69) is 29.1 Å². The second kappa shape index (κ2) is 6.42. The van der Waals surface area contributed by atoms with Crippen LogP contribution in [0.2, 0.25) is 0 Å². The van der Waals surface area contributed by atoms with E-state index in [1.807, 2.05) is 26.8 Å². The molecule has 0 atom stereocenters. The van der Waals surface area contributed by atoms with Crippen molar-refractivity contribution in [2.24, 2.45) is 0 Å². The molecular formula is C13H23N3O. The van der Waals surface area contributed by atoms with E-state index in [9.17, 15) is 0 Å². The standard InChI is InChI=1S/C13H23N3O/c1-6-11(7-2)15-13-14-10(5)8-12(16-13)17-9(3)4/h8-9,11H,6-7H2,1-5H3,(H,14,15,16). The topological polar surface area (TPSA) is 47.0 Å². The van der Waals surface area contributed by atoms with Gasteiger partial charge in [0.05, 0.1) is 6.10 Å². The van der Waals surface area contributed by atoms with Gasteiger partial charge in [0.25, 0.3) is 0 Å². The molecule has 0 amide bonds. The highest BCUT2D eigenvalue weighted by Gasteiger charge is 2.08. The van der Waals surface area contributed by atoms with E-state index in [1.165, 1.54) is 0 Å². The number of nitrogens with one attached hydrogen (secondary N) is 1. The maximum absolute atomic E-state index is 5.59. The molecule has 0 saturated carbocycles. The fourth-order valence-electron chi connectivity index (χ4n) is 1.58. The number of aryl methyl sites for hydroxylation is 1. The van der Waals surface area contributed by atoms with Crippen molar-refractivity contribution in [3.05, 3.63) is 11.8 Å². The normalized spacial score (nSPS) is 11.0. The number of hydrogen-bond donors (Lipinski definition) is 1. The number of hydrogen-bond acceptors (Lipinski definition) is 4. The Hall–Kier alpha value is -1.32. The van der Waals surface area contributed by atoms with Crippen molar-refractivity contribution >= 4 is 5.95 Å². The lowest BCUT2D eigenvalue weighted by atomic mass is 10.2. The predicted molar refractivity (Wildman–Crippen MR) is 70.5 cm³/mol. The average Bonchev–Trinajstić information content (AvgIpc) is 2.24. The summed E-state index contributed by atoms with van der Waals surface area (Å²) < 4.78 is 5.59. The molecule has 0 spiro atoms. The minimum absolute atomic E-state index is 0.130. The number of rotatable bonds is 6. The van der Waals surface area contributed by atoms with Gasteiger partial charge in [0.15, 0.2) is 0 Å². The zero-order valence-electron chi connectivity index (χ0n) is 11.4. The van der Waals surface area contributed by atoms with Crippen molar-refractivity contribution < 1.29 is 4.74 Å². The van der Waals surface area contributed by atoms with E-state index in [4.69, 9.17) is 4.74 Å². The molecule has 0 fully saturated rings. The maximum Gasteiger partial charge on any atom is 0.226 e. The first-order chi connectivity index (χ1) is 8.05. The van der Waals surface area contributed by atoms with Gasteiger partial charge in [-0.15, -0.1) is 0 Å². The van der Waals surface area contributed by atoms with Gasteiger partial charge < -0.3 is 10.1 Å². The van der Waals surface area contributed by atoms with E-state index in [0.29, 0.717) is 17.9 Å². The van der Waals surface area contributed by atoms with Crippen molar-refractivity contribution in [2.45, 2.75) is 59.6 Å². The Balaban J connectivity index is 2.81. The van der Waals surface area contributed by atoms with Gasteiger partial charge in [-0.1, -0.05) is 13.8 Å². The van der Waals surface area contributed by atoms with Crippen LogP contribution in [0.1, 0.15) is 46.2 Å². The van der Waals surface area contributed by atoms with Crippen LogP contribution in [-0.4, -0.2) is 22.1 Å². The quantitative estimate of drug-likeness (QED) is 0.825. The van der Waals surface area contributed by atoms with E-state index < -0.39 is 0 Å². The molecule has 1 aromatic heterocycles.